The highest BCUT2D eigenvalue weighted by molar-refractivity contribution is 6.05. The van der Waals surface area contributed by atoms with Crippen LogP contribution in [0.5, 0.6) is 5.75 Å². The van der Waals surface area contributed by atoms with E-state index in [0.29, 0.717) is 22.4 Å². The Balaban J connectivity index is 1.91. The summed E-state index contributed by atoms with van der Waals surface area (Å²) >= 11 is 0. The molecule has 1 amide bonds. The Morgan fingerprint density at radius 1 is 1.33 bits per heavy atom. The molecule has 3 rings (SSSR count). The molecule has 0 aliphatic carbocycles. The van der Waals surface area contributed by atoms with Crippen molar-refractivity contribution in [2.75, 3.05) is 5.32 Å². The van der Waals surface area contributed by atoms with Crippen LogP contribution in [0.1, 0.15) is 16.1 Å². The summed E-state index contributed by atoms with van der Waals surface area (Å²) in [6.07, 6.45) is 3.10. The molecule has 0 fully saturated rings. The molecule has 3 aromatic heterocycles. The Kier molecular flexibility index (Phi) is 3.02. The second-order valence-electron chi connectivity index (χ2n) is 4.70. The molecule has 3 aromatic rings. The standard InChI is InChI=1S/C14H13N5O2/c1-8-3-4-11(20)12(17-8)18-14(21)9-5-10-13(15-6-9)19(2)7-16-10/h3-7,20H,1-2H3,(H,17,18,21). The molecule has 0 bridgehead atoms. The molecule has 21 heavy (non-hydrogen) atoms. The van der Waals surface area contributed by atoms with Crippen LogP contribution in [0.4, 0.5) is 5.82 Å². The van der Waals surface area contributed by atoms with Gasteiger partial charge in [0, 0.05) is 18.9 Å². The number of imidazole rings is 1. The van der Waals surface area contributed by atoms with E-state index in [-0.39, 0.29) is 11.6 Å². The van der Waals surface area contributed by atoms with Gasteiger partial charge in [-0.25, -0.2) is 15.0 Å². The van der Waals surface area contributed by atoms with Crippen molar-refractivity contribution in [3.63, 3.8) is 0 Å². The molecule has 2 N–H and O–H groups in total. The number of rotatable bonds is 2. The zero-order chi connectivity index (χ0) is 15.0. The van der Waals surface area contributed by atoms with Crippen molar-refractivity contribution in [2.45, 2.75) is 6.92 Å². The average molecular weight is 283 g/mol. The molecular formula is C14H13N5O2. The Hall–Kier alpha value is -2.96. The third kappa shape index (κ3) is 2.40. The predicted octanol–water partition coefficient (Wildman–Crippen LogP) is 1.63. The monoisotopic (exact) mass is 283 g/mol. The van der Waals surface area contributed by atoms with Crippen LogP contribution in [-0.2, 0) is 7.05 Å². The lowest BCUT2D eigenvalue weighted by molar-refractivity contribution is 0.102. The molecular weight excluding hydrogens is 270 g/mol. The van der Waals surface area contributed by atoms with Gasteiger partial charge in [0.05, 0.1) is 11.9 Å². The van der Waals surface area contributed by atoms with E-state index in [1.807, 2.05) is 7.05 Å². The summed E-state index contributed by atoms with van der Waals surface area (Å²) in [4.78, 5) is 24.6. The van der Waals surface area contributed by atoms with Crippen molar-refractivity contribution >= 4 is 22.9 Å². The lowest BCUT2D eigenvalue weighted by Gasteiger charge is -2.07. The Morgan fingerprint density at radius 2 is 2.14 bits per heavy atom. The largest absolute Gasteiger partial charge is 0.504 e. The fourth-order valence-electron chi connectivity index (χ4n) is 1.96. The van der Waals surface area contributed by atoms with Crippen molar-refractivity contribution in [3.05, 3.63) is 42.0 Å². The van der Waals surface area contributed by atoms with Gasteiger partial charge in [-0.1, -0.05) is 0 Å². The van der Waals surface area contributed by atoms with Gasteiger partial charge in [-0.05, 0) is 25.1 Å². The number of pyridine rings is 2. The van der Waals surface area contributed by atoms with E-state index in [0.717, 1.165) is 0 Å². The summed E-state index contributed by atoms with van der Waals surface area (Å²) in [5.74, 6) is -0.356. The summed E-state index contributed by atoms with van der Waals surface area (Å²) in [6, 6.07) is 4.79. The van der Waals surface area contributed by atoms with Gasteiger partial charge in [-0.2, -0.15) is 0 Å². The number of nitrogens with zero attached hydrogens (tertiary/aromatic N) is 4. The van der Waals surface area contributed by atoms with Crippen LogP contribution >= 0.6 is 0 Å². The molecule has 0 aromatic carbocycles. The predicted molar refractivity (Wildman–Crippen MR) is 77.1 cm³/mol. The van der Waals surface area contributed by atoms with Crippen LogP contribution in [0.15, 0.2) is 30.7 Å². The van der Waals surface area contributed by atoms with Crippen molar-refractivity contribution < 1.29 is 9.90 Å². The molecule has 0 radical (unpaired) electrons. The molecule has 0 saturated carbocycles. The van der Waals surface area contributed by atoms with Crippen molar-refractivity contribution in [1.29, 1.82) is 0 Å². The SMILES string of the molecule is Cc1ccc(O)c(NC(=O)c2cnc3c(c2)ncn3C)n1. The van der Waals surface area contributed by atoms with Gasteiger partial charge in [-0.3, -0.25) is 4.79 Å². The summed E-state index contributed by atoms with van der Waals surface area (Å²) in [6.45, 7) is 1.77. The maximum atomic E-state index is 12.2. The zero-order valence-electron chi connectivity index (χ0n) is 11.5. The van der Waals surface area contributed by atoms with Crippen molar-refractivity contribution in [1.82, 2.24) is 19.5 Å². The first-order chi connectivity index (χ1) is 10.0. The molecule has 0 saturated heterocycles. The highest BCUT2D eigenvalue weighted by atomic mass is 16.3. The fourth-order valence-corrected chi connectivity index (χ4v) is 1.96. The molecule has 7 heteroatoms. The number of amides is 1. The molecule has 106 valence electrons. The summed E-state index contributed by atoms with van der Waals surface area (Å²) < 4.78 is 1.77. The number of fused-ring (bicyclic) bond motifs is 1. The Bertz CT molecular complexity index is 840. The van der Waals surface area contributed by atoms with Gasteiger partial charge in [-0.15, -0.1) is 0 Å². The quantitative estimate of drug-likeness (QED) is 0.745. The van der Waals surface area contributed by atoms with Gasteiger partial charge in [0.1, 0.15) is 5.52 Å². The van der Waals surface area contributed by atoms with Crippen LogP contribution in [0.2, 0.25) is 0 Å². The lowest BCUT2D eigenvalue weighted by atomic mass is 10.2. The molecule has 0 aliphatic rings. The number of hydrogen-bond donors (Lipinski definition) is 2. The summed E-state index contributed by atoms with van der Waals surface area (Å²) in [5, 5.41) is 12.3. The highest BCUT2D eigenvalue weighted by Crippen LogP contribution is 2.21. The molecule has 0 spiro atoms. The third-order valence-electron chi connectivity index (χ3n) is 3.06. The molecule has 0 unspecified atom stereocenters. The minimum atomic E-state index is -0.400. The van der Waals surface area contributed by atoms with E-state index in [4.69, 9.17) is 0 Å². The number of carbonyl (C=O) groups excluding carboxylic acids is 1. The molecule has 0 atom stereocenters. The number of hydrogen-bond acceptors (Lipinski definition) is 5. The first-order valence-corrected chi connectivity index (χ1v) is 6.29. The Morgan fingerprint density at radius 3 is 2.95 bits per heavy atom. The number of aromatic hydroxyl groups is 1. The number of nitrogens with one attached hydrogen (secondary N) is 1. The van der Waals surface area contributed by atoms with Crippen LogP contribution in [0, 0.1) is 6.92 Å². The average Bonchev–Trinajstić information content (AvgIpc) is 2.84. The van der Waals surface area contributed by atoms with E-state index < -0.39 is 5.91 Å². The van der Waals surface area contributed by atoms with Crippen molar-refractivity contribution in [2.24, 2.45) is 7.05 Å². The van der Waals surface area contributed by atoms with E-state index in [1.165, 1.54) is 12.3 Å². The number of aromatic nitrogens is 4. The molecule has 0 aliphatic heterocycles. The first-order valence-electron chi connectivity index (χ1n) is 6.29. The van der Waals surface area contributed by atoms with E-state index in [2.05, 4.69) is 20.3 Å². The molecule has 3 heterocycles. The van der Waals surface area contributed by atoms with Crippen LogP contribution in [0.25, 0.3) is 11.2 Å². The van der Waals surface area contributed by atoms with Gasteiger partial charge >= 0.3 is 0 Å². The first kappa shape index (κ1) is 13.0. The van der Waals surface area contributed by atoms with Crippen molar-refractivity contribution in [3.8, 4) is 5.75 Å². The number of carbonyl (C=O) groups is 1. The van der Waals surface area contributed by atoms with Crippen LogP contribution in [-0.4, -0.2) is 30.5 Å². The lowest BCUT2D eigenvalue weighted by Crippen LogP contribution is -2.13. The number of aryl methyl sites for hydroxylation is 2. The van der Waals surface area contributed by atoms with E-state index in [1.54, 1.807) is 30.0 Å². The topological polar surface area (TPSA) is 92.9 Å². The smallest absolute Gasteiger partial charge is 0.258 e. The van der Waals surface area contributed by atoms with Gasteiger partial charge in [0.25, 0.3) is 5.91 Å². The van der Waals surface area contributed by atoms with Crippen LogP contribution < -0.4 is 5.32 Å². The third-order valence-corrected chi connectivity index (χ3v) is 3.06. The maximum Gasteiger partial charge on any atom is 0.258 e. The Labute approximate surface area is 120 Å². The minimum absolute atomic E-state index is 0.0826. The normalized spacial score (nSPS) is 10.8. The fraction of sp³-hybridized carbons (Fsp3) is 0.143. The van der Waals surface area contributed by atoms with E-state index in [9.17, 15) is 9.90 Å². The molecule has 7 nitrogen and oxygen atoms in total. The van der Waals surface area contributed by atoms with E-state index >= 15 is 0 Å². The zero-order valence-corrected chi connectivity index (χ0v) is 11.5. The summed E-state index contributed by atoms with van der Waals surface area (Å²) in [5.41, 5.74) is 2.37. The minimum Gasteiger partial charge on any atom is -0.504 e. The van der Waals surface area contributed by atoms with Gasteiger partial charge in [0.15, 0.2) is 17.2 Å². The van der Waals surface area contributed by atoms with Crippen LogP contribution in [0.3, 0.4) is 0 Å². The van der Waals surface area contributed by atoms with Gasteiger partial charge in [0.2, 0.25) is 0 Å². The second kappa shape index (κ2) is 4.86. The summed E-state index contributed by atoms with van der Waals surface area (Å²) in [7, 11) is 1.83. The second-order valence-corrected chi connectivity index (χ2v) is 4.70. The van der Waals surface area contributed by atoms with Gasteiger partial charge < -0.3 is 15.0 Å². The number of anilines is 1. The maximum absolute atomic E-state index is 12.2. The highest BCUT2D eigenvalue weighted by Gasteiger charge is 2.12.